The van der Waals surface area contributed by atoms with Crippen molar-refractivity contribution in [3.63, 3.8) is 0 Å². The lowest BCUT2D eigenvalue weighted by Gasteiger charge is -2.48. The van der Waals surface area contributed by atoms with E-state index < -0.39 is 41.7 Å². The van der Waals surface area contributed by atoms with Crippen molar-refractivity contribution in [3.8, 4) is 0 Å². The van der Waals surface area contributed by atoms with Gasteiger partial charge in [-0.1, -0.05) is 39.0 Å². The van der Waals surface area contributed by atoms with Crippen molar-refractivity contribution in [2.24, 2.45) is 34.5 Å². The van der Waals surface area contributed by atoms with E-state index >= 15 is 0 Å². The minimum Gasteiger partial charge on any atom is -0.451 e. The first kappa shape index (κ1) is 22.4. The molecule has 4 rings (SSSR count). The summed E-state index contributed by atoms with van der Waals surface area (Å²) in [6.07, 6.45) is 3.04. The van der Waals surface area contributed by atoms with E-state index in [0.717, 1.165) is 6.42 Å². The molecule has 4 aliphatic rings. The third kappa shape index (κ3) is 2.61. The van der Waals surface area contributed by atoms with Gasteiger partial charge in [0, 0.05) is 11.5 Å². The maximum atomic E-state index is 14.2. The summed E-state index contributed by atoms with van der Waals surface area (Å²) in [4.78, 5) is 26.8. The average molecular weight is 431 g/mol. The number of carbonyl (C=O) groups excluding carboxylic acids is 2. The van der Waals surface area contributed by atoms with Crippen LogP contribution >= 0.6 is 0 Å². The van der Waals surface area contributed by atoms with Crippen molar-refractivity contribution in [2.75, 3.05) is 6.61 Å². The lowest BCUT2D eigenvalue weighted by Crippen LogP contribution is -2.65. The van der Waals surface area contributed by atoms with E-state index in [1.165, 1.54) is 0 Å². The highest BCUT2D eigenvalue weighted by Gasteiger charge is 2.76. The van der Waals surface area contributed by atoms with Gasteiger partial charge in [0.05, 0.1) is 12.0 Å². The summed E-state index contributed by atoms with van der Waals surface area (Å²) in [5.41, 5.74) is -2.36. The van der Waals surface area contributed by atoms with E-state index in [4.69, 9.17) is 4.74 Å². The molecule has 0 saturated heterocycles. The molecule has 0 amide bonds. The average Bonchev–Trinajstić information content (AvgIpc) is 3.21. The van der Waals surface area contributed by atoms with E-state index in [2.05, 4.69) is 13.8 Å². The van der Waals surface area contributed by atoms with Gasteiger partial charge in [0.25, 0.3) is 0 Å². The van der Waals surface area contributed by atoms with Crippen LogP contribution in [0.5, 0.6) is 0 Å². The Morgan fingerprint density at radius 2 is 2.00 bits per heavy atom. The summed E-state index contributed by atoms with van der Waals surface area (Å²) >= 11 is 0. The molecule has 1 spiro atoms. The molecule has 6 nitrogen and oxygen atoms in total. The fourth-order valence-electron chi connectivity index (χ4n) is 6.91. The predicted molar refractivity (Wildman–Crippen MR) is 115 cm³/mol. The molecular weight excluding hydrogens is 396 g/mol. The van der Waals surface area contributed by atoms with Gasteiger partial charge in [-0.3, -0.25) is 4.79 Å². The molecule has 0 heterocycles. The topological polar surface area (TPSA) is 104 Å². The first-order valence-electron chi connectivity index (χ1n) is 11.2. The Morgan fingerprint density at radius 3 is 2.58 bits per heavy atom. The lowest BCUT2D eigenvalue weighted by molar-refractivity contribution is -0.201. The van der Waals surface area contributed by atoms with Crippen LogP contribution in [-0.4, -0.2) is 51.5 Å². The van der Waals surface area contributed by atoms with E-state index in [1.807, 2.05) is 6.92 Å². The zero-order valence-corrected chi connectivity index (χ0v) is 19.2. The minimum absolute atomic E-state index is 0.0209. The molecule has 5 unspecified atom stereocenters. The van der Waals surface area contributed by atoms with Crippen molar-refractivity contribution in [2.45, 2.75) is 65.8 Å². The fraction of sp³-hybridized carbons (Fsp3) is 0.680. The number of aliphatic hydroxyl groups excluding tert-OH is 2. The van der Waals surface area contributed by atoms with Gasteiger partial charge >= 0.3 is 5.97 Å². The molecule has 0 aromatic carbocycles. The smallest absolute Gasteiger partial charge is 0.334 e. The zero-order chi connectivity index (χ0) is 23.1. The molecule has 170 valence electrons. The fourth-order valence-corrected chi connectivity index (χ4v) is 6.91. The number of rotatable bonds is 3. The van der Waals surface area contributed by atoms with Crippen molar-refractivity contribution in [3.05, 3.63) is 34.9 Å². The second kappa shape index (κ2) is 6.87. The Bertz CT molecular complexity index is 926. The molecule has 0 aromatic heterocycles. The predicted octanol–water partition coefficient (Wildman–Crippen LogP) is 2.33. The Labute approximate surface area is 183 Å². The molecule has 0 radical (unpaired) electrons. The van der Waals surface area contributed by atoms with Gasteiger partial charge in [-0.05, 0) is 61.5 Å². The van der Waals surface area contributed by atoms with Gasteiger partial charge in [-0.15, -0.1) is 0 Å². The van der Waals surface area contributed by atoms with Crippen LogP contribution in [-0.2, 0) is 14.3 Å². The first-order valence-corrected chi connectivity index (χ1v) is 11.2. The summed E-state index contributed by atoms with van der Waals surface area (Å²) < 4.78 is 5.72. The monoisotopic (exact) mass is 430 g/mol. The molecule has 2 saturated carbocycles. The number of esters is 1. The SMILES string of the molecule is C/C=C(/C)C(=O)OC1C(C)=CC23C(=O)C(C=C(CO)C(O)C12O)[C@H]1[C@@H](C[C@H]3C)C1(C)C. The van der Waals surface area contributed by atoms with E-state index in [-0.39, 0.29) is 28.6 Å². The molecule has 0 aromatic rings. The van der Waals surface area contributed by atoms with Crippen molar-refractivity contribution in [1.82, 2.24) is 0 Å². The molecule has 31 heavy (non-hydrogen) atoms. The summed E-state index contributed by atoms with van der Waals surface area (Å²) in [5.74, 6) is -1.13. The zero-order valence-electron chi connectivity index (χ0n) is 19.2. The Morgan fingerprint density at radius 1 is 1.35 bits per heavy atom. The molecule has 3 N–H and O–H groups in total. The highest BCUT2D eigenvalue weighted by atomic mass is 16.6. The van der Waals surface area contributed by atoms with Crippen LogP contribution in [0.25, 0.3) is 0 Å². The first-order chi connectivity index (χ1) is 14.4. The van der Waals surface area contributed by atoms with Crippen LogP contribution in [0.2, 0.25) is 0 Å². The van der Waals surface area contributed by atoms with Gasteiger partial charge in [0.1, 0.15) is 6.10 Å². The lowest BCUT2D eigenvalue weighted by atomic mass is 9.59. The van der Waals surface area contributed by atoms with Gasteiger partial charge in [0.15, 0.2) is 17.5 Å². The van der Waals surface area contributed by atoms with Crippen molar-refractivity contribution >= 4 is 11.8 Å². The number of carbonyl (C=O) groups is 2. The maximum Gasteiger partial charge on any atom is 0.334 e. The number of aliphatic hydroxyl groups is 3. The van der Waals surface area contributed by atoms with E-state index in [9.17, 15) is 24.9 Å². The van der Waals surface area contributed by atoms with Crippen LogP contribution in [0.3, 0.4) is 0 Å². The van der Waals surface area contributed by atoms with Crippen molar-refractivity contribution < 1.29 is 29.6 Å². The second-order valence-electron chi connectivity index (χ2n) is 10.6. The maximum absolute atomic E-state index is 14.2. The van der Waals surface area contributed by atoms with Gasteiger partial charge in [-0.2, -0.15) is 0 Å². The molecule has 6 heteroatoms. The molecule has 4 aliphatic carbocycles. The number of allylic oxidation sites excluding steroid dienone is 2. The largest absolute Gasteiger partial charge is 0.451 e. The van der Waals surface area contributed by atoms with Crippen LogP contribution in [0.1, 0.15) is 48.0 Å². The van der Waals surface area contributed by atoms with Crippen LogP contribution in [0, 0.1) is 34.5 Å². The number of hydrogen-bond acceptors (Lipinski definition) is 6. The number of ether oxygens (including phenoxy) is 1. The van der Waals surface area contributed by atoms with Gasteiger partial charge in [-0.25, -0.2) is 4.79 Å². The number of fused-ring (bicyclic) bond motifs is 3. The molecule has 2 fully saturated rings. The normalized spacial score (nSPS) is 45.6. The van der Waals surface area contributed by atoms with Crippen LogP contribution in [0.15, 0.2) is 34.9 Å². The summed E-state index contributed by atoms with van der Waals surface area (Å²) in [6, 6.07) is 0. The van der Waals surface area contributed by atoms with Gasteiger partial charge < -0.3 is 20.1 Å². The summed E-state index contributed by atoms with van der Waals surface area (Å²) in [5, 5.41) is 33.7. The third-order valence-corrected chi connectivity index (χ3v) is 8.88. The molecular formula is C25H34O6. The second-order valence-corrected chi connectivity index (χ2v) is 10.6. The molecule has 2 bridgehead atoms. The Hall–Kier alpha value is -1.76. The van der Waals surface area contributed by atoms with Crippen LogP contribution < -0.4 is 0 Å². The highest BCUT2D eigenvalue weighted by Crippen LogP contribution is 2.71. The molecule has 0 aliphatic heterocycles. The van der Waals surface area contributed by atoms with Crippen molar-refractivity contribution in [1.29, 1.82) is 0 Å². The number of hydrogen-bond donors (Lipinski definition) is 3. The highest BCUT2D eigenvalue weighted by molar-refractivity contribution is 5.96. The number of ketones is 1. The standard InChI is InChI=1S/C25H34O6/c1-7-12(2)22(29)31-21-13(3)10-24-14(4)8-17-18(23(17,5)6)16(20(24)28)9-15(11-26)19(27)25(21,24)30/h7,9-10,14,16-19,21,26-27,30H,8,11H2,1-6H3/b12-7-/t14-,16?,17-,18+,19?,21?,24?,25?/m1/s1. The number of Topliss-reactive ketones (excluding diaryl/α,β-unsaturated/α-hetero) is 1. The third-order valence-electron chi connectivity index (χ3n) is 8.88. The van der Waals surface area contributed by atoms with Gasteiger partial charge in [0.2, 0.25) is 0 Å². The van der Waals surface area contributed by atoms with E-state index in [1.54, 1.807) is 39.0 Å². The summed E-state index contributed by atoms with van der Waals surface area (Å²) in [6.45, 7) is 10.8. The summed E-state index contributed by atoms with van der Waals surface area (Å²) in [7, 11) is 0. The minimum atomic E-state index is -2.08. The Balaban J connectivity index is 1.91. The van der Waals surface area contributed by atoms with Crippen LogP contribution in [0.4, 0.5) is 0 Å². The quantitative estimate of drug-likeness (QED) is 0.361. The van der Waals surface area contributed by atoms with E-state index in [0.29, 0.717) is 17.1 Å². The molecule has 8 atom stereocenters. The Kier molecular flexibility index (Phi) is 4.97.